The molecular weight excluding hydrogens is 554 g/mol. The number of piperidine rings is 1. The van der Waals surface area contributed by atoms with Crippen LogP contribution in [0.3, 0.4) is 0 Å². The molecule has 8 bridgehead atoms. The van der Waals surface area contributed by atoms with E-state index in [0.29, 0.717) is 0 Å². The van der Waals surface area contributed by atoms with Crippen LogP contribution in [0.25, 0.3) is 51.7 Å². The number of nitrogens with one attached hydrogen (secondary N) is 2. The quantitative estimate of drug-likeness (QED) is 0.144. The van der Waals surface area contributed by atoms with Gasteiger partial charge in [0.2, 0.25) is 0 Å². The molecule has 5 nitrogen and oxygen atoms in total. The van der Waals surface area contributed by atoms with E-state index in [1.165, 1.54) is 19.3 Å². The molecule has 3 aliphatic heterocycles. The van der Waals surface area contributed by atoms with Crippen molar-refractivity contribution >= 4 is 81.2 Å². The minimum Gasteiger partial charge on any atom is -0.662 e. The zero-order valence-electron chi connectivity index (χ0n) is 19.2. The van der Waals surface area contributed by atoms with Crippen molar-refractivity contribution in [1.82, 2.24) is 19.9 Å². The molecule has 1 fully saturated rings. The van der Waals surface area contributed by atoms with E-state index in [1.807, 2.05) is 42.5 Å². The van der Waals surface area contributed by atoms with Crippen molar-refractivity contribution < 1.29 is 19.5 Å². The van der Waals surface area contributed by atoms with Crippen LogP contribution in [0.1, 0.15) is 42.0 Å². The SMILES string of the molecule is C1=Cc2cc3ccc(cc4ccc(cc5nc(cc1n2)C=C5)[nH]4)[nH]3.C1CC[N-]CC1.ClC(Cl)Cl.[Zn]. The molecule has 3 aromatic heterocycles. The number of hydrogen-bond acceptors (Lipinski definition) is 2. The molecule has 3 aliphatic rings. The maximum Gasteiger partial charge on any atom is 0.180 e. The maximum absolute atomic E-state index is 4.81. The summed E-state index contributed by atoms with van der Waals surface area (Å²) in [6.45, 7) is 2.25. The number of nitrogens with zero attached hydrogens (tertiary/aromatic N) is 3. The number of fused-ring (bicyclic) bond motifs is 8. The van der Waals surface area contributed by atoms with Gasteiger partial charge in [0.15, 0.2) is 4.30 Å². The second-order valence-corrected chi connectivity index (χ2v) is 9.86. The third-order valence-corrected chi connectivity index (χ3v) is 5.17. The number of hydrogen-bond donors (Lipinski definition) is 2. The summed E-state index contributed by atoms with van der Waals surface area (Å²) >= 11 is 14.4. The zero-order chi connectivity index (χ0) is 23.8. The summed E-state index contributed by atoms with van der Waals surface area (Å²) in [6, 6.07) is 16.4. The normalized spacial score (nSPS) is 13.8. The van der Waals surface area contributed by atoms with Crippen LogP contribution in [0, 0.1) is 0 Å². The summed E-state index contributed by atoms with van der Waals surface area (Å²) in [4.78, 5) is 16.0. The van der Waals surface area contributed by atoms with Gasteiger partial charge in [-0.25, -0.2) is 9.97 Å². The average molecular weight is 579 g/mol. The third kappa shape index (κ3) is 9.21. The fourth-order valence-electron chi connectivity index (χ4n) is 3.68. The molecule has 1 saturated heterocycles. The molecule has 178 valence electrons. The fraction of sp³-hybridized carbons (Fsp3) is 0.231. The number of rotatable bonds is 0. The molecule has 0 atom stereocenters. The molecular formula is C26H25Cl3N5Zn-. The molecule has 0 aliphatic carbocycles. The number of halogens is 3. The molecule has 9 heteroatoms. The number of aromatic nitrogens is 4. The Bertz CT molecular complexity index is 1220. The van der Waals surface area contributed by atoms with E-state index in [0.717, 1.165) is 57.9 Å². The van der Waals surface area contributed by atoms with Crippen molar-refractivity contribution in [3.05, 3.63) is 76.6 Å². The Morgan fingerprint density at radius 2 is 0.971 bits per heavy atom. The van der Waals surface area contributed by atoms with Gasteiger partial charge in [-0.2, -0.15) is 0 Å². The molecule has 2 N–H and O–H groups in total. The van der Waals surface area contributed by atoms with E-state index in [2.05, 4.69) is 55.6 Å². The standard InChI is InChI=1S/C20H14N4.C5H10N.CHCl3.Zn/c1-2-14-10-16-5-6-18(23-16)12-20-8-7-19(24-20)11-17-4-3-15(22-17)9-13(1)21-14;1-2-4-6-5-3-1;2-1(3)4;/h1-12,21-22H;1-5H2;1H;/q;-1;;. The first kappa shape index (κ1) is 27.6. The van der Waals surface area contributed by atoms with Gasteiger partial charge in [0.1, 0.15) is 0 Å². The molecule has 35 heavy (non-hydrogen) atoms. The van der Waals surface area contributed by atoms with E-state index in [-0.39, 0.29) is 19.5 Å². The Morgan fingerprint density at radius 3 is 1.31 bits per heavy atom. The van der Waals surface area contributed by atoms with E-state index in [1.54, 1.807) is 0 Å². The second kappa shape index (κ2) is 14.0. The topological polar surface area (TPSA) is 71.5 Å². The summed E-state index contributed by atoms with van der Waals surface area (Å²) in [5.41, 5.74) is 7.86. The van der Waals surface area contributed by atoms with Crippen molar-refractivity contribution in [3.63, 3.8) is 0 Å². The number of alkyl halides is 3. The summed E-state index contributed by atoms with van der Waals surface area (Å²) in [6.07, 6.45) is 12.1. The van der Waals surface area contributed by atoms with Gasteiger partial charge in [-0.05, 0) is 72.8 Å². The Hall–Kier alpha value is -1.95. The second-order valence-electron chi connectivity index (χ2n) is 7.88. The molecule has 0 amide bonds. The van der Waals surface area contributed by atoms with Crippen molar-refractivity contribution in [2.45, 2.75) is 23.6 Å². The van der Waals surface area contributed by atoms with E-state index < -0.39 is 4.30 Å². The summed E-state index contributed by atoms with van der Waals surface area (Å²) in [5, 5.41) is 4.18. The first-order valence-corrected chi connectivity index (χ1v) is 12.4. The molecule has 6 rings (SSSR count). The predicted molar refractivity (Wildman–Crippen MR) is 147 cm³/mol. The van der Waals surface area contributed by atoms with Gasteiger partial charge in [-0.1, -0.05) is 54.1 Å². The first-order valence-electron chi connectivity index (χ1n) is 11.1. The van der Waals surface area contributed by atoms with Crippen molar-refractivity contribution in [2.24, 2.45) is 0 Å². The first-order chi connectivity index (χ1) is 16.5. The Morgan fingerprint density at radius 1 is 0.600 bits per heavy atom. The van der Waals surface area contributed by atoms with E-state index >= 15 is 0 Å². The smallest absolute Gasteiger partial charge is 0.180 e. The fourth-order valence-corrected chi connectivity index (χ4v) is 3.68. The number of aromatic amines is 2. The largest absolute Gasteiger partial charge is 0.662 e. The molecule has 6 heterocycles. The van der Waals surface area contributed by atoms with Gasteiger partial charge in [0, 0.05) is 41.5 Å². The van der Waals surface area contributed by atoms with Crippen molar-refractivity contribution in [3.8, 4) is 0 Å². The zero-order valence-corrected chi connectivity index (χ0v) is 24.5. The Kier molecular flexibility index (Phi) is 11.0. The van der Waals surface area contributed by atoms with Gasteiger partial charge < -0.3 is 15.3 Å². The minimum absolute atomic E-state index is 0. The van der Waals surface area contributed by atoms with Crippen LogP contribution < -0.4 is 0 Å². The predicted octanol–water partition coefficient (Wildman–Crippen LogP) is 8.18. The summed E-state index contributed by atoms with van der Waals surface area (Å²) < 4.78 is -0.750. The van der Waals surface area contributed by atoms with Gasteiger partial charge in [-0.15, -0.1) is 13.1 Å². The van der Waals surface area contributed by atoms with Gasteiger partial charge in [-0.3, -0.25) is 0 Å². The van der Waals surface area contributed by atoms with Crippen LogP contribution in [0.2, 0.25) is 0 Å². The van der Waals surface area contributed by atoms with Gasteiger partial charge in [0.25, 0.3) is 0 Å². The van der Waals surface area contributed by atoms with Crippen LogP contribution >= 0.6 is 34.8 Å². The van der Waals surface area contributed by atoms with Crippen LogP contribution in [-0.2, 0) is 19.5 Å². The van der Waals surface area contributed by atoms with E-state index in [4.69, 9.17) is 34.8 Å². The van der Waals surface area contributed by atoms with Crippen molar-refractivity contribution in [2.75, 3.05) is 13.1 Å². The van der Waals surface area contributed by atoms with Crippen LogP contribution in [0.4, 0.5) is 0 Å². The van der Waals surface area contributed by atoms with Crippen LogP contribution in [0.15, 0.2) is 48.5 Å². The van der Waals surface area contributed by atoms with Crippen LogP contribution in [-0.4, -0.2) is 37.3 Å². The Labute approximate surface area is 232 Å². The molecule has 3 aromatic rings. The average Bonchev–Trinajstić information content (AvgIpc) is 3.61. The third-order valence-electron chi connectivity index (χ3n) is 5.17. The monoisotopic (exact) mass is 576 g/mol. The molecule has 0 unspecified atom stereocenters. The molecule has 0 aromatic carbocycles. The summed E-state index contributed by atoms with van der Waals surface area (Å²) in [5.74, 6) is 0. The van der Waals surface area contributed by atoms with Crippen molar-refractivity contribution in [1.29, 1.82) is 0 Å². The minimum atomic E-state index is -0.750. The summed E-state index contributed by atoms with van der Waals surface area (Å²) in [7, 11) is 0. The molecule has 0 radical (unpaired) electrons. The van der Waals surface area contributed by atoms with Gasteiger partial charge in [0.05, 0.1) is 22.8 Å². The van der Waals surface area contributed by atoms with Crippen LogP contribution in [0.5, 0.6) is 0 Å². The Balaban J connectivity index is 0.000000264. The molecule has 0 spiro atoms. The molecule has 0 saturated carbocycles. The number of H-pyrrole nitrogens is 2. The van der Waals surface area contributed by atoms with Gasteiger partial charge >= 0.3 is 0 Å². The van der Waals surface area contributed by atoms with E-state index in [9.17, 15) is 0 Å². The maximum atomic E-state index is 4.81.